The number of likely N-dealkylation sites (tertiary alicyclic amines) is 2. The third kappa shape index (κ3) is 3.37. The van der Waals surface area contributed by atoms with Crippen molar-refractivity contribution in [2.75, 3.05) is 19.6 Å². The monoisotopic (exact) mass is 361 g/mol. The number of hydrogen-bond acceptors (Lipinski definition) is 4. The highest BCUT2D eigenvalue weighted by Gasteiger charge is 2.38. The van der Waals surface area contributed by atoms with Crippen LogP contribution in [0, 0.1) is 5.92 Å². The van der Waals surface area contributed by atoms with Crippen molar-refractivity contribution in [3.05, 3.63) is 24.0 Å². The summed E-state index contributed by atoms with van der Waals surface area (Å²) in [7, 11) is 0. The van der Waals surface area contributed by atoms with Crippen LogP contribution in [0.4, 0.5) is 4.39 Å². The van der Waals surface area contributed by atoms with Crippen LogP contribution in [0.1, 0.15) is 42.6 Å². The Morgan fingerprint density at radius 3 is 2.65 bits per heavy atom. The molecule has 0 bridgehead atoms. The number of amides is 2. The Hall–Kier alpha value is -2.25. The number of carbonyl (C=O) groups excluding carboxylic acids is 2. The average Bonchev–Trinajstić information content (AvgIpc) is 3.41. The Kier molecular flexibility index (Phi) is 4.74. The molecule has 0 unspecified atom stereocenters. The smallest absolute Gasteiger partial charge is 0.276 e. The molecule has 1 aromatic rings. The second kappa shape index (κ2) is 7.17. The molecule has 26 heavy (non-hydrogen) atoms. The molecule has 0 aromatic carbocycles. The van der Waals surface area contributed by atoms with E-state index in [1.165, 1.54) is 0 Å². The van der Waals surface area contributed by atoms with E-state index in [4.69, 9.17) is 0 Å². The van der Waals surface area contributed by atoms with E-state index in [1.807, 2.05) is 12.2 Å². The molecule has 4 rings (SSSR count). The van der Waals surface area contributed by atoms with E-state index in [9.17, 15) is 14.0 Å². The fourth-order valence-electron chi connectivity index (χ4n) is 4.14. The Morgan fingerprint density at radius 1 is 1.19 bits per heavy atom. The van der Waals surface area contributed by atoms with Crippen LogP contribution in [0.3, 0.4) is 0 Å². The van der Waals surface area contributed by atoms with Crippen LogP contribution in [0.2, 0.25) is 0 Å². The summed E-state index contributed by atoms with van der Waals surface area (Å²) in [5.74, 6) is -0.145. The van der Waals surface area contributed by atoms with Gasteiger partial charge in [0.1, 0.15) is 6.17 Å². The fraction of sp³-hybridized carbons (Fsp3) is 0.667. The topological polar surface area (TPSA) is 71.3 Å². The molecule has 3 aliphatic rings. The van der Waals surface area contributed by atoms with Gasteiger partial charge in [-0.3, -0.25) is 9.59 Å². The van der Waals surface area contributed by atoms with E-state index < -0.39 is 6.17 Å². The molecule has 0 N–H and O–H groups in total. The summed E-state index contributed by atoms with van der Waals surface area (Å²) in [4.78, 5) is 28.5. The Bertz CT molecular complexity index is 704. The normalized spacial score (nSPS) is 26.2. The fourth-order valence-corrected chi connectivity index (χ4v) is 4.14. The minimum absolute atomic E-state index is 0.0219. The average molecular weight is 361 g/mol. The van der Waals surface area contributed by atoms with Gasteiger partial charge in [-0.1, -0.05) is 17.4 Å². The number of hydrogen-bond donors (Lipinski definition) is 0. The summed E-state index contributed by atoms with van der Waals surface area (Å²) in [6, 6.07) is -0.241. The molecular formula is C18H24FN5O2. The third-order valence-electron chi connectivity index (χ3n) is 5.55. The summed E-state index contributed by atoms with van der Waals surface area (Å²) >= 11 is 0. The van der Waals surface area contributed by atoms with Gasteiger partial charge in [0.25, 0.3) is 5.91 Å². The zero-order valence-electron chi connectivity index (χ0n) is 14.8. The van der Waals surface area contributed by atoms with Gasteiger partial charge in [-0.25, -0.2) is 9.07 Å². The molecule has 0 spiro atoms. The maximum absolute atomic E-state index is 14.0. The van der Waals surface area contributed by atoms with Gasteiger partial charge < -0.3 is 9.80 Å². The van der Waals surface area contributed by atoms with Gasteiger partial charge >= 0.3 is 0 Å². The van der Waals surface area contributed by atoms with E-state index in [0.717, 1.165) is 38.8 Å². The lowest BCUT2D eigenvalue weighted by Crippen LogP contribution is -2.41. The van der Waals surface area contributed by atoms with E-state index in [0.29, 0.717) is 18.7 Å². The second-order valence-electron chi connectivity index (χ2n) is 7.44. The number of rotatable bonds is 4. The maximum Gasteiger partial charge on any atom is 0.276 e. The first kappa shape index (κ1) is 17.2. The summed E-state index contributed by atoms with van der Waals surface area (Å²) in [5, 5.41) is 8.02. The van der Waals surface area contributed by atoms with Crippen LogP contribution in [-0.2, 0) is 11.3 Å². The van der Waals surface area contributed by atoms with Crippen molar-refractivity contribution in [3.63, 3.8) is 0 Å². The van der Waals surface area contributed by atoms with Crippen molar-refractivity contribution in [1.29, 1.82) is 0 Å². The number of alkyl halides is 1. The van der Waals surface area contributed by atoms with E-state index >= 15 is 0 Å². The van der Waals surface area contributed by atoms with Gasteiger partial charge in [-0.15, -0.1) is 5.10 Å². The summed E-state index contributed by atoms with van der Waals surface area (Å²) in [5.41, 5.74) is 0.319. The standard InChI is InChI=1S/C18H24FN5O2/c19-14-9-15(24(10-14)17(25)13-5-1-2-6-13)11-23-12-16(20-21-23)18(26)22-7-3-4-8-22/h1-2,12-15H,3-11H2/t14-,15-/m0/s1. The van der Waals surface area contributed by atoms with E-state index in [-0.39, 0.29) is 30.3 Å². The second-order valence-corrected chi connectivity index (χ2v) is 7.44. The van der Waals surface area contributed by atoms with Gasteiger partial charge in [0.15, 0.2) is 5.69 Å². The number of aromatic nitrogens is 3. The lowest BCUT2D eigenvalue weighted by atomic mass is 10.1. The molecule has 1 aromatic heterocycles. The number of nitrogens with zero attached hydrogens (tertiary/aromatic N) is 5. The highest BCUT2D eigenvalue weighted by molar-refractivity contribution is 5.92. The van der Waals surface area contributed by atoms with Crippen LogP contribution in [-0.4, -0.2) is 68.5 Å². The van der Waals surface area contributed by atoms with Gasteiger partial charge in [-0.05, 0) is 25.7 Å². The number of halogens is 1. The highest BCUT2D eigenvalue weighted by Crippen LogP contribution is 2.28. The zero-order valence-corrected chi connectivity index (χ0v) is 14.8. The molecule has 2 aliphatic heterocycles. The van der Waals surface area contributed by atoms with E-state index in [1.54, 1.807) is 20.7 Å². The Morgan fingerprint density at radius 2 is 1.92 bits per heavy atom. The molecule has 2 atom stereocenters. The first-order valence-corrected chi connectivity index (χ1v) is 9.41. The summed E-state index contributed by atoms with van der Waals surface area (Å²) in [6.07, 6.45) is 8.44. The zero-order chi connectivity index (χ0) is 18.1. The predicted molar refractivity (Wildman–Crippen MR) is 92.0 cm³/mol. The number of carbonyl (C=O) groups is 2. The van der Waals surface area contributed by atoms with Crippen molar-refractivity contribution in [1.82, 2.24) is 24.8 Å². The molecule has 0 saturated carbocycles. The molecule has 2 fully saturated rings. The lowest BCUT2D eigenvalue weighted by molar-refractivity contribution is -0.136. The van der Waals surface area contributed by atoms with Crippen LogP contribution < -0.4 is 0 Å². The van der Waals surface area contributed by atoms with Crippen molar-refractivity contribution in [2.45, 2.75) is 50.9 Å². The summed E-state index contributed by atoms with van der Waals surface area (Å²) < 4.78 is 15.6. The molecule has 1 aliphatic carbocycles. The molecule has 0 radical (unpaired) electrons. The van der Waals surface area contributed by atoms with Gasteiger partial charge in [-0.2, -0.15) is 0 Å². The molecule has 3 heterocycles. The Labute approximate surface area is 151 Å². The van der Waals surface area contributed by atoms with Crippen molar-refractivity contribution in [2.24, 2.45) is 5.92 Å². The lowest BCUT2D eigenvalue weighted by Gasteiger charge is -2.26. The van der Waals surface area contributed by atoms with Crippen LogP contribution >= 0.6 is 0 Å². The van der Waals surface area contributed by atoms with Crippen LogP contribution in [0.25, 0.3) is 0 Å². The quantitative estimate of drug-likeness (QED) is 0.761. The maximum atomic E-state index is 14.0. The molecule has 8 heteroatoms. The molecule has 7 nitrogen and oxygen atoms in total. The molecule has 2 amide bonds. The van der Waals surface area contributed by atoms with Crippen molar-refractivity contribution < 1.29 is 14.0 Å². The van der Waals surface area contributed by atoms with Crippen LogP contribution in [0.15, 0.2) is 18.3 Å². The van der Waals surface area contributed by atoms with Gasteiger partial charge in [0.2, 0.25) is 5.91 Å². The van der Waals surface area contributed by atoms with Crippen LogP contribution in [0.5, 0.6) is 0 Å². The largest absolute Gasteiger partial charge is 0.337 e. The predicted octanol–water partition coefficient (Wildman–Crippen LogP) is 1.42. The van der Waals surface area contributed by atoms with Crippen molar-refractivity contribution >= 4 is 11.8 Å². The van der Waals surface area contributed by atoms with Gasteiger partial charge in [0, 0.05) is 25.4 Å². The SMILES string of the molecule is O=C(c1cn(C[C@@H]2C[C@H](F)CN2C(=O)C2CC=CC2)nn1)N1CCCC1. The van der Waals surface area contributed by atoms with Crippen molar-refractivity contribution in [3.8, 4) is 0 Å². The summed E-state index contributed by atoms with van der Waals surface area (Å²) in [6.45, 7) is 2.03. The minimum atomic E-state index is -1.01. The first-order chi connectivity index (χ1) is 12.6. The number of allylic oxidation sites excluding steroid dienone is 2. The van der Waals surface area contributed by atoms with Gasteiger partial charge in [0.05, 0.1) is 25.3 Å². The Balaban J connectivity index is 1.42. The molecule has 2 saturated heterocycles. The minimum Gasteiger partial charge on any atom is -0.337 e. The molecule has 140 valence electrons. The first-order valence-electron chi connectivity index (χ1n) is 9.41. The molecular weight excluding hydrogens is 337 g/mol. The third-order valence-corrected chi connectivity index (χ3v) is 5.55. The highest BCUT2D eigenvalue weighted by atomic mass is 19.1. The van der Waals surface area contributed by atoms with E-state index in [2.05, 4.69) is 10.3 Å².